The Hall–Kier alpha value is -2.67. The van der Waals surface area contributed by atoms with E-state index >= 15 is 0 Å². The minimum atomic E-state index is -0.602. The Morgan fingerprint density at radius 1 is 1.10 bits per heavy atom. The number of nitrogens with one attached hydrogen (secondary N) is 1. The second-order valence-electron chi connectivity index (χ2n) is 8.82. The van der Waals surface area contributed by atoms with E-state index in [1.54, 1.807) is 6.20 Å². The van der Waals surface area contributed by atoms with E-state index in [2.05, 4.69) is 60.2 Å². The van der Waals surface area contributed by atoms with Crippen LogP contribution in [0.2, 0.25) is 0 Å². The van der Waals surface area contributed by atoms with Crippen LogP contribution in [0.4, 0.5) is 17.5 Å². The van der Waals surface area contributed by atoms with Gasteiger partial charge in [-0.15, -0.1) is 0 Å². The molecular weight excluding hydrogens is 390 g/mol. The van der Waals surface area contributed by atoms with Crippen LogP contribution in [0, 0.1) is 5.92 Å². The molecule has 2 fully saturated rings. The monoisotopic (exact) mass is 423 g/mol. The van der Waals surface area contributed by atoms with Crippen molar-refractivity contribution in [3.8, 4) is 0 Å². The molecule has 7 heteroatoms. The van der Waals surface area contributed by atoms with Crippen molar-refractivity contribution in [3.63, 3.8) is 0 Å². The summed E-state index contributed by atoms with van der Waals surface area (Å²) in [5.74, 6) is 1.59. The van der Waals surface area contributed by atoms with Crippen LogP contribution in [0.3, 0.4) is 0 Å². The molecule has 2 aromatic rings. The minimum absolute atomic E-state index is 0.0586. The lowest BCUT2D eigenvalue weighted by Gasteiger charge is -2.29. The fourth-order valence-electron chi connectivity index (χ4n) is 4.43. The standard InChI is InChI=1S/C24H33N5O2/c1-17(2)21-16-31-23(15-30)29(21)22-11-12-25-24(27-22)26-18(3)19-7-9-20(10-8-19)28-13-5-4-6-14-28/h7-12,15,17-18,21,23H,4-6,13-14,16H2,1-3H3,(H,25,26,27)/t18-,21+,23?/m0/s1. The fourth-order valence-corrected chi connectivity index (χ4v) is 4.43. The molecule has 4 rings (SSSR count). The van der Waals surface area contributed by atoms with Crippen molar-refractivity contribution in [3.05, 3.63) is 42.1 Å². The Bertz CT molecular complexity index is 867. The second-order valence-corrected chi connectivity index (χ2v) is 8.82. The molecule has 0 amide bonds. The Labute approximate surface area is 184 Å². The first-order valence-corrected chi connectivity index (χ1v) is 11.4. The van der Waals surface area contributed by atoms with Crippen molar-refractivity contribution in [2.45, 2.75) is 58.3 Å². The molecule has 3 heterocycles. The number of anilines is 3. The van der Waals surface area contributed by atoms with E-state index < -0.39 is 6.23 Å². The highest BCUT2D eigenvalue weighted by atomic mass is 16.5. The molecule has 31 heavy (non-hydrogen) atoms. The maximum Gasteiger partial charge on any atom is 0.225 e. The van der Waals surface area contributed by atoms with Crippen LogP contribution >= 0.6 is 0 Å². The Morgan fingerprint density at radius 2 is 1.84 bits per heavy atom. The van der Waals surface area contributed by atoms with Gasteiger partial charge in [0.05, 0.1) is 18.7 Å². The van der Waals surface area contributed by atoms with Gasteiger partial charge < -0.3 is 19.9 Å². The van der Waals surface area contributed by atoms with Crippen molar-refractivity contribution in [1.29, 1.82) is 0 Å². The van der Waals surface area contributed by atoms with E-state index in [4.69, 9.17) is 9.72 Å². The molecule has 7 nitrogen and oxygen atoms in total. The van der Waals surface area contributed by atoms with Crippen molar-refractivity contribution < 1.29 is 9.53 Å². The Morgan fingerprint density at radius 3 is 2.52 bits per heavy atom. The number of piperidine rings is 1. The summed E-state index contributed by atoms with van der Waals surface area (Å²) in [6.45, 7) is 9.18. The summed E-state index contributed by atoms with van der Waals surface area (Å²) in [6.07, 6.45) is 5.85. The molecule has 0 aliphatic carbocycles. The van der Waals surface area contributed by atoms with Gasteiger partial charge in [-0.05, 0) is 55.9 Å². The third kappa shape index (κ3) is 4.82. The number of aromatic nitrogens is 2. The highest BCUT2D eigenvalue weighted by Gasteiger charge is 2.37. The third-order valence-electron chi connectivity index (χ3n) is 6.32. The third-order valence-corrected chi connectivity index (χ3v) is 6.32. The SMILES string of the molecule is CC(C)[C@H]1COC(C=O)N1c1ccnc(N[C@@H](C)c2ccc(N3CCCCC3)cc2)n1. The number of rotatable bonds is 7. The summed E-state index contributed by atoms with van der Waals surface area (Å²) in [5.41, 5.74) is 2.48. The first-order chi connectivity index (χ1) is 15.1. The molecule has 166 valence electrons. The minimum Gasteiger partial charge on any atom is -0.372 e. The zero-order valence-corrected chi connectivity index (χ0v) is 18.7. The normalized spacial score (nSPS) is 22.6. The van der Waals surface area contributed by atoms with E-state index in [1.165, 1.54) is 30.5 Å². The summed E-state index contributed by atoms with van der Waals surface area (Å²) in [5, 5.41) is 3.41. The maximum atomic E-state index is 11.5. The van der Waals surface area contributed by atoms with Gasteiger partial charge in [0.1, 0.15) is 5.82 Å². The lowest BCUT2D eigenvalue weighted by Crippen LogP contribution is -2.41. The van der Waals surface area contributed by atoms with E-state index in [9.17, 15) is 4.79 Å². The first kappa shape index (κ1) is 21.6. The van der Waals surface area contributed by atoms with Crippen LogP contribution in [0.25, 0.3) is 0 Å². The van der Waals surface area contributed by atoms with Gasteiger partial charge in [0.25, 0.3) is 0 Å². The average molecular weight is 424 g/mol. The van der Waals surface area contributed by atoms with Gasteiger partial charge in [-0.25, -0.2) is 4.98 Å². The Balaban J connectivity index is 1.46. The molecule has 1 aromatic heterocycles. The van der Waals surface area contributed by atoms with Gasteiger partial charge in [-0.1, -0.05) is 26.0 Å². The zero-order valence-electron chi connectivity index (χ0n) is 18.7. The number of ether oxygens (including phenoxy) is 1. The molecule has 2 aliphatic rings. The van der Waals surface area contributed by atoms with Crippen molar-refractivity contribution in [2.75, 3.05) is 34.8 Å². The van der Waals surface area contributed by atoms with E-state index in [0.717, 1.165) is 19.4 Å². The Kier molecular flexibility index (Phi) is 6.70. The number of benzene rings is 1. The van der Waals surface area contributed by atoms with Crippen LogP contribution in [0.15, 0.2) is 36.5 Å². The topological polar surface area (TPSA) is 70.6 Å². The molecule has 1 aromatic carbocycles. The lowest BCUT2D eigenvalue weighted by atomic mass is 10.0. The summed E-state index contributed by atoms with van der Waals surface area (Å²) in [6, 6.07) is 10.8. The van der Waals surface area contributed by atoms with Crippen LogP contribution < -0.4 is 15.1 Å². The highest BCUT2D eigenvalue weighted by molar-refractivity contribution is 5.64. The van der Waals surface area contributed by atoms with E-state index in [-0.39, 0.29) is 12.1 Å². The maximum absolute atomic E-state index is 11.5. The number of carbonyl (C=O) groups is 1. The highest BCUT2D eigenvalue weighted by Crippen LogP contribution is 2.29. The molecule has 0 radical (unpaired) electrons. The quantitative estimate of drug-likeness (QED) is 0.674. The molecule has 0 spiro atoms. The lowest BCUT2D eigenvalue weighted by molar-refractivity contribution is -0.115. The van der Waals surface area contributed by atoms with Crippen LogP contribution in [0.5, 0.6) is 0 Å². The molecule has 0 bridgehead atoms. The predicted molar refractivity (Wildman–Crippen MR) is 123 cm³/mol. The van der Waals surface area contributed by atoms with Crippen LogP contribution in [-0.2, 0) is 9.53 Å². The summed E-state index contributed by atoms with van der Waals surface area (Å²) >= 11 is 0. The van der Waals surface area contributed by atoms with Crippen molar-refractivity contribution in [2.24, 2.45) is 5.92 Å². The summed E-state index contributed by atoms with van der Waals surface area (Å²) in [4.78, 5) is 25.0. The molecule has 3 atom stereocenters. The molecule has 0 saturated carbocycles. The van der Waals surface area contributed by atoms with Crippen LogP contribution in [-0.4, -0.2) is 48.2 Å². The summed E-state index contributed by atoms with van der Waals surface area (Å²) in [7, 11) is 0. The van der Waals surface area contributed by atoms with Crippen LogP contribution in [0.1, 0.15) is 51.6 Å². The van der Waals surface area contributed by atoms with Gasteiger partial charge in [-0.2, -0.15) is 4.98 Å². The molecule has 2 aliphatic heterocycles. The summed E-state index contributed by atoms with van der Waals surface area (Å²) < 4.78 is 5.67. The number of hydrogen-bond donors (Lipinski definition) is 1. The molecule has 1 N–H and O–H groups in total. The second kappa shape index (κ2) is 9.64. The number of hydrogen-bond acceptors (Lipinski definition) is 7. The number of nitrogens with zero attached hydrogens (tertiary/aromatic N) is 4. The van der Waals surface area contributed by atoms with Gasteiger partial charge in [0.2, 0.25) is 5.95 Å². The van der Waals surface area contributed by atoms with Gasteiger partial charge in [0, 0.05) is 25.0 Å². The van der Waals surface area contributed by atoms with Gasteiger partial charge >= 0.3 is 0 Å². The van der Waals surface area contributed by atoms with Gasteiger partial charge in [-0.3, -0.25) is 4.79 Å². The molecule has 2 saturated heterocycles. The largest absolute Gasteiger partial charge is 0.372 e. The molecule has 1 unspecified atom stereocenters. The first-order valence-electron chi connectivity index (χ1n) is 11.4. The fraction of sp³-hybridized carbons (Fsp3) is 0.542. The van der Waals surface area contributed by atoms with Gasteiger partial charge in [0.15, 0.2) is 12.5 Å². The van der Waals surface area contributed by atoms with Crippen molar-refractivity contribution >= 4 is 23.7 Å². The zero-order chi connectivity index (χ0) is 21.8. The average Bonchev–Trinajstić information content (AvgIpc) is 3.25. The van der Waals surface area contributed by atoms with Crippen molar-refractivity contribution in [1.82, 2.24) is 9.97 Å². The van der Waals surface area contributed by atoms with E-state index in [1.807, 2.05) is 11.0 Å². The van der Waals surface area contributed by atoms with E-state index in [0.29, 0.717) is 24.3 Å². The number of aldehydes is 1. The molecular formula is C24H33N5O2. The predicted octanol–water partition coefficient (Wildman–Crippen LogP) is 4.03. The smallest absolute Gasteiger partial charge is 0.225 e. The number of carbonyl (C=O) groups excluding carboxylic acids is 1.